The van der Waals surface area contributed by atoms with Gasteiger partial charge in [-0.25, -0.2) is 0 Å². The van der Waals surface area contributed by atoms with Crippen molar-refractivity contribution in [2.24, 2.45) is 0 Å². The Morgan fingerprint density at radius 1 is 1.20 bits per heavy atom. The quantitative estimate of drug-likeness (QED) is 0.673. The molecule has 0 saturated carbocycles. The maximum Gasteiger partial charge on any atom is 0.260 e. The van der Waals surface area contributed by atoms with Crippen LogP contribution in [0.1, 0.15) is 23.6 Å². The number of hydrogen-bond acceptors (Lipinski definition) is 3. The van der Waals surface area contributed by atoms with E-state index in [0.717, 1.165) is 17.1 Å². The molecule has 0 radical (unpaired) electrons. The first-order valence-electron chi connectivity index (χ1n) is 8.30. The highest BCUT2D eigenvalue weighted by Gasteiger charge is 2.14. The summed E-state index contributed by atoms with van der Waals surface area (Å²) in [5.41, 5.74) is 3.58. The molecule has 5 heteroatoms. The van der Waals surface area contributed by atoms with Gasteiger partial charge < -0.3 is 10.1 Å². The van der Waals surface area contributed by atoms with Gasteiger partial charge in [0, 0.05) is 23.1 Å². The van der Waals surface area contributed by atoms with Crippen LogP contribution in [0.5, 0.6) is 5.75 Å². The molecule has 1 amide bonds. The Morgan fingerprint density at radius 3 is 2.68 bits per heavy atom. The number of aryl methyl sites for hydroxylation is 2. The monoisotopic (exact) mass is 377 g/mol. The molecule has 25 heavy (non-hydrogen) atoms. The van der Waals surface area contributed by atoms with Crippen LogP contribution in [0.2, 0.25) is 5.02 Å². The van der Waals surface area contributed by atoms with Crippen molar-refractivity contribution in [2.45, 2.75) is 32.6 Å². The van der Waals surface area contributed by atoms with Crippen LogP contribution < -0.4 is 10.1 Å². The number of thioether (sulfide) groups is 1. The second kappa shape index (κ2) is 9.73. The predicted octanol–water partition coefficient (Wildman–Crippen LogP) is 4.77. The molecular formula is C20H24ClNO2S. The summed E-state index contributed by atoms with van der Waals surface area (Å²) < 4.78 is 5.68. The third-order valence-electron chi connectivity index (χ3n) is 3.88. The summed E-state index contributed by atoms with van der Waals surface area (Å²) in [5, 5.41) is 3.61. The number of carbonyl (C=O) groups excluding carboxylic acids is 1. The normalized spacial score (nSPS) is 11.8. The van der Waals surface area contributed by atoms with Crippen molar-refractivity contribution in [1.82, 2.24) is 5.32 Å². The lowest BCUT2D eigenvalue weighted by Crippen LogP contribution is -2.37. The fourth-order valence-electron chi connectivity index (χ4n) is 2.29. The fraction of sp³-hybridized carbons (Fsp3) is 0.350. The molecule has 0 bridgehead atoms. The third-order valence-corrected chi connectivity index (χ3v) is 5.31. The van der Waals surface area contributed by atoms with Gasteiger partial charge in [-0.05, 0) is 55.7 Å². The van der Waals surface area contributed by atoms with Crippen molar-refractivity contribution in [3.8, 4) is 5.75 Å². The van der Waals surface area contributed by atoms with Crippen LogP contribution in [0.3, 0.4) is 0 Å². The van der Waals surface area contributed by atoms with E-state index in [0.29, 0.717) is 17.3 Å². The summed E-state index contributed by atoms with van der Waals surface area (Å²) in [6.07, 6.45) is -0.540. The van der Waals surface area contributed by atoms with E-state index < -0.39 is 6.10 Å². The predicted molar refractivity (Wildman–Crippen MR) is 107 cm³/mol. The van der Waals surface area contributed by atoms with Gasteiger partial charge in [0.25, 0.3) is 5.91 Å². The van der Waals surface area contributed by atoms with E-state index in [9.17, 15) is 4.79 Å². The second-order valence-electron chi connectivity index (χ2n) is 5.94. The van der Waals surface area contributed by atoms with Crippen LogP contribution in [-0.4, -0.2) is 24.3 Å². The van der Waals surface area contributed by atoms with Crippen LogP contribution in [-0.2, 0) is 10.5 Å². The molecular weight excluding hydrogens is 354 g/mol. The zero-order valence-corrected chi connectivity index (χ0v) is 16.4. The van der Waals surface area contributed by atoms with Crippen molar-refractivity contribution in [2.75, 3.05) is 12.3 Å². The average molecular weight is 378 g/mol. The topological polar surface area (TPSA) is 38.3 Å². The molecule has 0 spiro atoms. The number of rotatable bonds is 8. The zero-order valence-electron chi connectivity index (χ0n) is 14.8. The number of carbonyl (C=O) groups is 1. The molecule has 1 N–H and O–H groups in total. The number of benzene rings is 2. The summed E-state index contributed by atoms with van der Waals surface area (Å²) in [6.45, 7) is 6.41. The Kier molecular flexibility index (Phi) is 7.66. The fourth-order valence-corrected chi connectivity index (χ4v) is 3.34. The lowest BCUT2D eigenvalue weighted by Gasteiger charge is -2.15. The molecule has 1 unspecified atom stereocenters. The standard InChI is InChI=1S/C20H24ClNO2S/c1-14-6-4-5-7-17(14)13-25-11-10-22-20(23)16(3)24-18-8-9-19(21)15(2)12-18/h4-9,12,16H,10-11,13H2,1-3H3,(H,22,23). The molecule has 2 aromatic rings. The Balaban J connectivity index is 1.69. The second-order valence-corrected chi connectivity index (χ2v) is 7.45. The summed E-state index contributed by atoms with van der Waals surface area (Å²) in [4.78, 5) is 12.1. The lowest BCUT2D eigenvalue weighted by molar-refractivity contribution is -0.127. The van der Waals surface area contributed by atoms with E-state index in [4.69, 9.17) is 16.3 Å². The van der Waals surface area contributed by atoms with Crippen LogP contribution in [0.15, 0.2) is 42.5 Å². The number of hydrogen-bond donors (Lipinski definition) is 1. The number of nitrogens with one attached hydrogen (secondary N) is 1. The Morgan fingerprint density at radius 2 is 1.96 bits per heavy atom. The highest BCUT2D eigenvalue weighted by Crippen LogP contribution is 2.22. The molecule has 1 atom stereocenters. The maximum absolute atomic E-state index is 12.1. The molecule has 0 saturated heterocycles. The first kappa shape index (κ1) is 19.7. The van der Waals surface area contributed by atoms with E-state index in [1.165, 1.54) is 11.1 Å². The van der Waals surface area contributed by atoms with Gasteiger partial charge in [0.15, 0.2) is 6.10 Å². The third kappa shape index (κ3) is 6.29. The molecule has 0 aliphatic rings. The van der Waals surface area contributed by atoms with Crippen LogP contribution >= 0.6 is 23.4 Å². The maximum atomic E-state index is 12.1. The molecule has 134 valence electrons. The smallest absolute Gasteiger partial charge is 0.260 e. The van der Waals surface area contributed by atoms with Crippen molar-refractivity contribution in [3.05, 3.63) is 64.2 Å². The highest BCUT2D eigenvalue weighted by atomic mass is 35.5. The highest BCUT2D eigenvalue weighted by molar-refractivity contribution is 7.98. The van der Waals surface area contributed by atoms with Gasteiger partial charge in [-0.3, -0.25) is 4.79 Å². The minimum atomic E-state index is -0.540. The van der Waals surface area contributed by atoms with Crippen molar-refractivity contribution < 1.29 is 9.53 Å². The van der Waals surface area contributed by atoms with Gasteiger partial charge in [-0.1, -0.05) is 35.9 Å². The van der Waals surface area contributed by atoms with Gasteiger partial charge in [0.2, 0.25) is 0 Å². The average Bonchev–Trinajstić information content (AvgIpc) is 2.59. The van der Waals surface area contributed by atoms with Gasteiger partial charge in [0.05, 0.1) is 0 Å². The molecule has 3 nitrogen and oxygen atoms in total. The molecule has 0 fully saturated rings. The van der Waals surface area contributed by atoms with Gasteiger partial charge in [0.1, 0.15) is 5.75 Å². The van der Waals surface area contributed by atoms with Gasteiger partial charge >= 0.3 is 0 Å². The Hall–Kier alpha value is -1.65. The minimum Gasteiger partial charge on any atom is -0.481 e. The van der Waals surface area contributed by atoms with Crippen LogP contribution in [0, 0.1) is 13.8 Å². The molecule has 0 aliphatic heterocycles. The summed E-state index contributed by atoms with van der Waals surface area (Å²) >= 11 is 7.81. The SMILES string of the molecule is Cc1cc(OC(C)C(=O)NCCSCc2ccccc2C)ccc1Cl. The molecule has 2 aromatic carbocycles. The lowest BCUT2D eigenvalue weighted by atomic mass is 10.1. The van der Waals surface area contributed by atoms with E-state index in [1.807, 2.05) is 30.8 Å². The molecule has 0 aliphatic carbocycles. The largest absolute Gasteiger partial charge is 0.481 e. The number of amides is 1. The Bertz CT molecular complexity index is 721. The molecule has 2 rings (SSSR count). The first-order valence-corrected chi connectivity index (χ1v) is 9.83. The summed E-state index contributed by atoms with van der Waals surface area (Å²) in [6, 6.07) is 13.8. The van der Waals surface area contributed by atoms with E-state index in [1.54, 1.807) is 19.1 Å². The van der Waals surface area contributed by atoms with Crippen LogP contribution in [0.25, 0.3) is 0 Å². The van der Waals surface area contributed by atoms with Gasteiger partial charge in [-0.2, -0.15) is 11.8 Å². The number of ether oxygens (including phenoxy) is 1. The van der Waals surface area contributed by atoms with E-state index in [-0.39, 0.29) is 5.91 Å². The van der Waals surface area contributed by atoms with E-state index in [2.05, 4.69) is 30.4 Å². The molecule has 0 aromatic heterocycles. The van der Waals surface area contributed by atoms with Gasteiger partial charge in [-0.15, -0.1) is 0 Å². The van der Waals surface area contributed by atoms with Crippen molar-refractivity contribution in [3.63, 3.8) is 0 Å². The molecule has 0 heterocycles. The Labute approximate surface area is 159 Å². The van der Waals surface area contributed by atoms with Crippen molar-refractivity contribution >= 4 is 29.3 Å². The zero-order chi connectivity index (χ0) is 18.2. The minimum absolute atomic E-state index is 0.107. The van der Waals surface area contributed by atoms with E-state index >= 15 is 0 Å². The summed E-state index contributed by atoms with van der Waals surface area (Å²) in [7, 11) is 0. The number of halogens is 1. The van der Waals surface area contributed by atoms with Crippen LogP contribution in [0.4, 0.5) is 0 Å². The summed E-state index contributed by atoms with van der Waals surface area (Å²) in [5.74, 6) is 2.37. The van der Waals surface area contributed by atoms with Crippen molar-refractivity contribution in [1.29, 1.82) is 0 Å². The first-order chi connectivity index (χ1) is 12.0.